The highest BCUT2D eigenvalue weighted by Gasteiger charge is 2.42. The second-order valence-electron chi connectivity index (χ2n) is 5.02. The van der Waals surface area contributed by atoms with Crippen LogP contribution in [0, 0.1) is 5.92 Å². The largest absolute Gasteiger partial charge is 0.347 e. The first-order valence-corrected chi connectivity index (χ1v) is 6.39. The quantitative estimate of drug-likeness (QED) is 0.709. The van der Waals surface area contributed by atoms with Crippen LogP contribution in [-0.4, -0.2) is 48.9 Å². The number of amides is 2. The second kappa shape index (κ2) is 5.04. The smallest absolute Gasteiger partial charge is 0.241 e. The van der Waals surface area contributed by atoms with Gasteiger partial charge in [0.1, 0.15) is 0 Å². The molecule has 3 atom stereocenters. The molecule has 96 valence electrons. The fourth-order valence-corrected chi connectivity index (χ4v) is 2.72. The maximum atomic E-state index is 11.9. The Morgan fingerprint density at radius 1 is 1.41 bits per heavy atom. The molecule has 2 saturated heterocycles. The van der Waals surface area contributed by atoms with Gasteiger partial charge in [0.25, 0.3) is 0 Å². The van der Waals surface area contributed by atoms with Crippen molar-refractivity contribution >= 4 is 11.8 Å². The summed E-state index contributed by atoms with van der Waals surface area (Å²) in [4.78, 5) is 25.1. The molecule has 5 heteroatoms. The molecule has 2 aliphatic rings. The highest BCUT2D eigenvalue weighted by Crippen LogP contribution is 2.33. The van der Waals surface area contributed by atoms with Crippen LogP contribution in [0.1, 0.15) is 26.2 Å². The molecule has 2 heterocycles. The minimum atomic E-state index is -0.0306. The number of rotatable bonds is 4. The maximum absolute atomic E-state index is 11.9. The monoisotopic (exact) mass is 239 g/mol. The highest BCUT2D eigenvalue weighted by atomic mass is 16.2. The molecule has 3 unspecified atom stereocenters. The van der Waals surface area contributed by atoms with Gasteiger partial charge in [-0.1, -0.05) is 0 Å². The van der Waals surface area contributed by atoms with Crippen LogP contribution in [0.25, 0.3) is 0 Å². The number of likely N-dealkylation sites (N-methyl/N-ethyl adjacent to an activating group) is 1. The molecule has 0 spiro atoms. The standard InChI is InChI=1S/C12H21N3O2/c1-3-15(2)11(16)7-13-12(17)9-6-8-4-5-10(9)14-8/h8-10,14H,3-7H2,1-2H3,(H,13,17). The molecular weight excluding hydrogens is 218 g/mol. The summed E-state index contributed by atoms with van der Waals surface area (Å²) < 4.78 is 0. The lowest BCUT2D eigenvalue weighted by atomic mass is 9.88. The normalized spacial score (nSPS) is 30.4. The molecular formula is C12H21N3O2. The summed E-state index contributed by atoms with van der Waals surface area (Å²) in [7, 11) is 1.74. The van der Waals surface area contributed by atoms with Crippen molar-refractivity contribution in [1.82, 2.24) is 15.5 Å². The summed E-state index contributed by atoms with van der Waals surface area (Å²) >= 11 is 0. The number of hydrogen-bond acceptors (Lipinski definition) is 3. The number of fused-ring (bicyclic) bond motifs is 2. The van der Waals surface area contributed by atoms with Gasteiger partial charge in [0.05, 0.1) is 12.5 Å². The van der Waals surface area contributed by atoms with Gasteiger partial charge in [0, 0.05) is 25.7 Å². The van der Waals surface area contributed by atoms with Crippen molar-refractivity contribution in [2.75, 3.05) is 20.1 Å². The van der Waals surface area contributed by atoms with Gasteiger partial charge in [0.2, 0.25) is 11.8 Å². The molecule has 0 radical (unpaired) electrons. The molecule has 2 amide bonds. The van der Waals surface area contributed by atoms with Crippen LogP contribution in [0.2, 0.25) is 0 Å². The van der Waals surface area contributed by atoms with Crippen molar-refractivity contribution in [2.45, 2.75) is 38.3 Å². The van der Waals surface area contributed by atoms with E-state index in [9.17, 15) is 9.59 Å². The SMILES string of the molecule is CCN(C)C(=O)CNC(=O)C1CC2CCC1N2. The lowest BCUT2D eigenvalue weighted by Crippen LogP contribution is -2.43. The Morgan fingerprint density at radius 3 is 2.71 bits per heavy atom. The van der Waals surface area contributed by atoms with Crippen LogP contribution >= 0.6 is 0 Å². The molecule has 17 heavy (non-hydrogen) atoms. The van der Waals surface area contributed by atoms with Crippen molar-refractivity contribution in [2.24, 2.45) is 5.92 Å². The first-order chi connectivity index (χ1) is 8.11. The topological polar surface area (TPSA) is 61.4 Å². The number of nitrogens with one attached hydrogen (secondary N) is 2. The van der Waals surface area contributed by atoms with Crippen molar-refractivity contribution in [3.05, 3.63) is 0 Å². The van der Waals surface area contributed by atoms with E-state index in [1.807, 2.05) is 6.92 Å². The van der Waals surface area contributed by atoms with E-state index in [4.69, 9.17) is 0 Å². The molecule has 2 rings (SSSR count). The predicted molar refractivity (Wildman–Crippen MR) is 64.4 cm³/mol. The molecule has 2 aliphatic heterocycles. The molecule has 2 fully saturated rings. The van der Waals surface area contributed by atoms with Crippen molar-refractivity contribution in [3.8, 4) is 0 Å². The number of nitrogens with zero attached hydrogens (tertiary/aromatic N) is 1. The number of carbonyl (C=O) groups excluding carboxylic acids is 2. The summed E-state index contributed by atoms with van der Waals surface area (Å²) in [5.41, 5.74) is 0. The molecule has 5 nitrogen and oxygen atoms in total. The molecule has 0 aromatic carbocycles. The minimum absolute atomic E-state index is 0.0301. The third-order valence-corrected chi connectivity index (χ3v) is 3.95. The Balaban J connectivity index is 1.76. The van der Waals surface area contributed by atoms with E-state index in [2.05, 4.69) is 10.6 Å². The third-order valence-electron chi connectivity index (χ3n) is 3.95. The predicted octanol–water partition coefficient (Wildman–Crippen LogP) is -0.279. The fourth-order valence-electron chi connectivity index (χ4n) is 2.72. The van der Waals surface area contributed by atoms with Gasteiger partial charge in [0.15, 0.2) is 0 Å². The summed E-state index contributed by atoms with van der Waals surface area (Å²) in [6.45, 7) is 2.71. The maximum Gasteiger partial charge on any atom is 0.241 e. The van der Waals surface area contributed by atoms with E-state index in [-0.39, 0.29) is 24.3 Å². The van der Waals surface area contributed by atoms with E-state index >= 15 is 0 Å². The van der Waals surface area contributed by atoms with Crippen LogP contribution in [0.5, 0.6) is 0 Å². The van der Waals surface area contributed by atoms with Crippen molar-refractivity contribution in [1.29, 1.82) is 0 Å². The van der Waals surface area contributed by atoms with Gasteiger partial charge in [-0.2, -0.15) is 0 Å². The Morgan fingerprint density at radius 2 is 2.18 bits per heavy atom. The first-order valence-electron chi connectivity index (χ1n) is 6.39. The number of carbonyl (C=O) groups is 2. The van der Waals surface area contributed by atoms with E-state index in [1.54, 1.807) is 11.9 Å². The van der Waals surface area contributed by atoms with Gasteiger partial charge >= 0.3 is 0 Å². The van der Waals surface area contributed by atoms with Crippen LogP contribution in [-0.2, 0) is 9.59 Å². The Hall–Kier alpha value is -1.10. The third kappa shape index (κ3) is 2.60. The summed E-state index contributed by atoms with van der Waals surface area (Å²) in [5.74, 6) is 0.0630. The number of hydrogen-bond donors (Lipinski definition) is 2. The zero-order chi connectivity index (χ0) is 12.4. The lowest BCUT2D eigenvalue weighted by molar-refractivity contribution is -0.133. The summed E-state index contributed by atoms with van der Waals surface area (Å²) in [5, 5.41) is 6.18. The molecule has 2 N–H and O–H groups in total. The Labute approximate surface area is 102 Å². The van der Waals surface area contributed by atoms with Gasteiger partial charge in [-0.25, -0.2) is 0 Å². The van der Waals surface area contributed by atoms with Crippen LogP contribution in [0.3, 0.4) is 0 Å². The summed E-state index contributed by atoms with van der Waals surface area (Å²) in [6, 6.07) is 0.851. The van der Waals surface area contributed by atoms with Gasteiger partial charge in [-0.3, -0.25) is 9.59 Å². The first kappa shape index (κ1) is 12.4. The minimum Gasteiger partial charge on any atom is -0.347 e. The molecule has 0 aromatic rings. The van der Waals surface area contributed by atoms with E-state index in [1.165, 1.54) is 6.42 Å². The van der Waals surface area contributed by atoms with Crippen molar-refractivity contribution < 1.29 is 9.59 Å². The average Bonchev–Trinajstić information content (AvgIpc) is 2.96. The van der Waals surface area contributed by atoms with Crippen LogP contribution in [0.4, 0.5) is 0 Å². The van der Waals surface area contributed by atoms with Gasteiger partial charge < -0.3 is 15.5 Å². The van der Waals surface area contributed by atoms with Gasteiger partial charge in [-0.15, -0.1) is 0 Å². The lowest BCUT2D eigenvalue weighted by Gasteiger charge is -2.20. The second-order valence-corrected chi connectivity index (χ2v) is 5.02. The molecule has 2 bridgehead atoms. The highest BCUT2D eigenvalue weighted by molar-refractivity contribution is 5.86. The van der Waals surface area contributed by atoms with Crippen LogP contribution in [0.15, 0.2) is 0 Å². The van der Waals surface area contributed by atoms with E-state index in [0.29, 0.717) is 18.6 Å². The molecule has 0 saturated carbocycles. The molecule has 0 aliphatic carbocycles. The summed E-state index contributed by atoms with van der Waals surface area (Å²) in [6.07, 6.45) is 3.20. The zero-order valence-electron chi connectivity index (χ0n) is 10.5. The van der Waals surface area contributed by atoms with Crippen LogP contribution < -0.4 is 10.6 Å². The Kier molecular flexibility index (Phi) is 3.66. The van der Waals surface area contributed by atoms with Gasteiger partial charge in [-0.05, 0) is 26.2 Å². The van der Waals surface area contributed by atoms with E-state index in [0.717, 1.165) is 12.8 Å². The fraction of sp³-hybridized carbons (Fsp3) is 0.833. The zero-order valence-corrected chi connectivity index (χ0v) is 10.5. The molecule has 0 aromatic heterocycles. The van der Waals surface area contributed by atoms with Crippen molar-refractivity contribution in [3.63, 3.8) is 0 Å². The Bertz CT molecular complexity index is 319. The van der Waals surface area contributed by atoms with E-state index < -0.39 is 0 Å². The average molecular weight is 239 g/mol.